The van der Waals surface area contributed by atoms with Crippen LogP contribution in [-0.4, -0.2) is 36.4 Å². The first kappa shape index (κ1) is 29.3. The van der Waals surface area contributed by atoms with Gasteiger partial charge in [-0.2, -0.15) is 0 Å². The summed E-state index contributed by atoms with van der Waals surface area (Å²) in [4.78, 5) is 35.3. The Morgan fingerprint density at radius 2 is 1.80 bits per heavy atom. The van der Waals surface area contributed by atoms with Gasteiger partial charge in [-0.05, 0) is 86.4 Å². The zero-order valence-corrected chi connectivity index (χ0v) is 25.7. The van der Waals surface area contributed by atoms with Crippen molar-refractivity contribution >= 4 is 37.0 Å². The van der Waals surface area contributed by atoms with Gasteiger partial charge in [-0.25, -0.2) is 9.78 Å². The predicted molar refractivity (Wildman–Crippen MR) is 164 cm³/mol. The molecule has 0 fully saturated rings. The van der Waals surface area contributed by atoms with Crippen molar-refractivity contribution in [2.45, 2.75) is 77.9 Å². The summed E-state index contributed by atoms with van der Waals surface area (Å²) >= 11 is 0. The highest BCUT2D eigenvalue weighted by Gasteiger charge is 2.37. The maximum absolute atomic E-state index is 13.1. The quantitative estimate of drug-likeness (QED) is 0.200. The largest absolute Gasteiger partial charge is 0.456 e. The molecule has 0 aliphatic heterocycles. The Hall–Kier alpha value is -3.67. The summed E-state index contributed by atoms with van der Waals surface area (Å²) in [6.07, 6.45) is 9.86. The fraction of sp³-hybridized carbons (Fsp3) is 0.406. The van der Waals surface area contributed by atoms with Crippen molar-refractivity contribution in [3.8, 4) is 12.3 Å². The summed E-state index contributed by atoms with van der Waals surface area (Å²) < 4.78 is 11.8. The molecule has 0 saturated carbocycles. The van der Waals surface area contributed by atoms with Crippen molar-refractivity contribution in [2.24, 2.45) is 0 Å². The van der Waals surface area contributed by atoms with Gasteiger partial charge >= 0.3 is 5.97 Å². The number of carbonyl (C=O) groups is 1. The third-order valence-electron chi connectivity index (χ3n) is 7.54. The number of aromatic nitrogens is 2. The van der Waals surface area contributed by atoms with E-state index in [1.54, 1.807) is 12.1 Å². The van der Waals surface area contributed by atoms with E-state index < -0.39 is 13.9 Å². The molecule has 0 spiro atoms. The van der Waals surface area contributed by atoms with E-state index in [2.05, 4.69) is 55.7 Å². The number of nitrogens with zero attached hydrogens (tertiary/aromatic N) is 2. The monoisotopic (exact) mass is 557 g/mol. The third kappa shape index (κ3) is 6.21. The topological polar surface area (TPSA) is 84.5 Å². The minimum absolute atomic E-state index is 0.0606. The lowest BCUT2D eigenvalue weighted by Crippen LogP contribution is -2.40. The molecule has 1 heterocycles. The van der Waals surface area contributed by atoms with Crippen molar-refractivity contribution in [1.29, 1.82) is 0 Å². The number of nitrogens with one attached hydrogen (secondary N) is 1. The molecule has 2 aromatic carbocycles. The molecular formula is C32H39N3O4Si. The molecule has 1 atom stereocenters. The lowest BCUT2D eigenvalue weighted by molar-refractivity contribution is 0.00695. The molecule has 3 aromatic rings. The highest BCUT2D eigenvalue weighted by Crippen LogP contribution is 2.38. The van der Waals surface area contributed by atoms with Gasteiger partial charge in [-0.1, -0.05) is 38.8 Å². The average molecular weight is 558 g/mol. The fourth-order valence-electron chi connectivity index (χ4n) is 4.35. The van der Waals surface area contributed by atoms with Crippen LogP contribution in [0.15, 0.2) is 47.3 Å². The van der Waals surface area contributed by atoms with E-state index in [1.165, 1.54) is 0 Å². The zero-order valence-electron chi connectivity index (χ0n) is 24.7. The average Bonchev–Trinajstić information content (AvgIpc) is 3.26. The lowest BCUT2D eigenvalue weighted by Gasteiger charge is -2.35. The van der Waals surface area contributed by atoms with Crippen LogP contribution in [0.2, 0.25) is 18.1 Å². The van der Waals surface area contributed by atoms with Gasteiger partial charge in [0, 0.05) is 5.69 Å². The van der Waals surface area contributed by atoms with E-state index in [0.29, 0.717) is 28.8 Å². The molecule has 0 saturated heterocycles. The van der Waals surface area contributed by atoms with Crippen LogP contribution in [0.1, 0.15) is 74.9 Å². The number of hydrogen-bond donors (Lipinski definition) is 1. The van der Waals surface area contributed by atoms with Gasteiger partial charge in [-0.3, -0.25) is 4.79 Å². The Morgan fingerprint density at radius 1 is 1.12 bits per heavy atom. The molecule has 1 aliphatic carbocycles. The number of esters is 1. The Morgan fingerprint density at radius 3 is 2.40 bits per heavy atom. The second-order valence-corrected chi connectivity index (χ2v) is 17.6. The van der Waals surface area contributed by atoms with Gasteiger partial charge < -0.3 is 19.0 Å². The molecule has 40 heavy (non-hydrogen) atoms. The third-order valence-corrected chi connectivity index (χ3v) is 12.0. The molecule has 8 heteroatoms. The van der Waals surface area contributed by atoms with Crippen LogP contribution in [0.5, 0.6) is 0 Å². The van der Waals surface area contributed by atoms with Crippen molar-refractivity contribution in [3.05, 3.63) is 75.3 Å². The van der Waals surface area contributed by atoms with Gasteiger partial charge in [0.1, 0.15) is 11.4 Å². The molecule has 0 amide bonds. The normalized spacial score (nSPS) is 15.1. The van der Waals surface area contributed by atoms with Gasteiger partial charge in [0.15, 0.2) is 8.32 Å². The maximum atomic E-state index is 13.1. The predicted octanol–water partition coefficient (Wildman–Crippen LogP) is 6.61. The summed E-state index contributed by atoms with van der Waals surface area (Å²) in [5.41, 5.74) is 3.15. The number of terminal acetylenes is 1. The van der Waals surface area contributed by atoms with Crippen molar-refractivity contribution in [1.82, 2.24) is 9.97 Å². The Balaban J connectivity index is 1.62. The van der Waals surface area contributed by atoms with Crippen LogP contribution >= 0.6 is 0 Å². The minimum Gasteiger partial charge on any atom is -0.456 e. The Bertz CT molecular complexity index is 1550. The minimum atomic E-state index is -1.99. The van der Waals surface area contributed by atoms with Crippen molar-refractivity contribution in [2.75, 3.05) is 11.4 Å². The molecule has 4 rings (SSSR count). The summed E-state index contributed by atoms with van der Waals surface area (Å²) in [6, 6.07) is 10.9. The maximum Gasteiger partial charge on any atom is 0.338 e. The molecule has 0 radical (unpaired) electrons. The molecule has 1 N–H and O–H groups in total. The van der Waals surface area contributed by atoms with Crippen LogP contribution in [0.4, 0.5) is 5.69 Å². The Labute approximate surface area is 237 Å². The Kier molecular flexibility index (Phi) is 7.85. The fourth-order valence-corrected chi connectivity index (χ4v) is 5.28. The van der Waals surface area contributed by atoms with E-state index in [4.69, 9.17) is 20.6 Å². The summed E-state index contributed by atoms with van der Waals surface area (Å²) in [7, 11) is -1.99. The first-order valence-corrected chi connectivity index (χ1v) is 16.4. The van der Waals surface area contributed by atoms with Gasteiger partial charge in [0.2, 0.25) is 0 Å². The van der Waals surface area contributed by atoms with Crippen LogP contribution in [0.3, 0.4) is 0 Å². The number of anilines is 1. The van der Waals surface area contributed by atoms with Crippen molar-refractivity contribution in [3.63, 3.8) is 0 Å². The van der Waals surface area contributed by atoms with Gasteiger partial charge in [0.25, 0.3) is 5.56 Å². The summed E-state index contributed by atoms with van der Waals surface area (Å²) in [5, 5.41) is 0.579. The highest BCUT2D eigenvalue weighted by atomic mass is 28.4. The SMILES string of the molecule is C#CCN(c1ccc(C(=O)OC(C)(C)C)cc1)[C@H]1C=Cc2cc3nc(CO[Si](C)(C)C(C)(C)C)[nH]c(=O)c3cc21. The van der Waals surface area contributed by atoms with E-state index in [1.807, 2.05) is 51.1 Å². The van der Waals surface area contributed by atoms with Crippen LogP contribution in [0, 0.1) is 12.3 Å². The van der Waals surface area contributed by atoms with Crippen LogP contribution < -0.4 is 10.5 Å². The van der Waals surface area contributed by atoms with E-state index in [-0.39, 0.29) is 29.2 Å². The second kappa shape index (κ2) is 10.7. The first-order valence-electron chi connectivity index (χ1n) is 13.5. The number of H-pyrrole nitrogens is 1. The lowest BCUT2D eigenvalue weighted by atomic mass is 10.0. The molecule has 1 aromatic heterocycles. The smallest absolute Gasteiger partial charge is 0.338 e. The van der Waals surface area contributed by atoms with Crippen LogP contribution in [-0.2, 0) is 15.8 Å². The van der Waals surface area contributed by atoms with E-state index in [0.717, 1.165) is 16.8 Å². The van der Waals surface area contributed by atoms with E-state index >= 15 is 0 Å². The number of carbonyl (C=O) groups excluding carboxylic acids is 1. The molecule has 7 nitrogen and oxygen atoms in total. The number of fused-ring (bicyclic) bond motifs is 2. The van der Waals surface area contributed by atoms with Gasteiger partial charge in [-0.15, -0.1) is 6.42 Å². The number of ether oxygens (including phenoxy) is 1. The standard InChI is InChI=1S/C32H39N3O4Si/c1-10-17-35(23-14-11-21(12-15-23)30(37)39-31(2,3)4)27-16-13-22-18-26-25(19-24(22)27)29(36)34-28(33-26)20-38-40(8,9)32(5,6)7/h1,11-16,18-19,27H,17,20H2,2-9H3,(H,33,34,36)/t27-/m0/s1. The van der Waals surface area contributed by atoms with E-state index in [9.17, 15) is 9.59 Å². The zero-order chi connectivity index (χ0) is 29.5. The summed E-state index contributed by atoms with van der Waals surface area (Å²) in [5.74, 6) is 2.90. The van der Waals surface area contributed by atoms with Crippen molar-refractivity contribution < 1.29 is 14.0 Å². The highest BCUT2D eigenvalue weighted by molar-refractivity contribution is 6.74. The number of aromatic amines is 1. The molecule has 210 valence electrons. The molecular weight excluding hydrogens is 518 g/mol. The second-order valence-electron chi connectivity index (χ2n) is 12.7. The molecule has 0 bridgehead atoms. The number of benzene rings is 2. The molecule has 0 unspecified atom stereocenters. The van der Waals surface area contributed by atoms with Crippen LogP contribution in [0.25, 0.3) is 17.0 Å². The number of rotatable bonds is 7. The first-order chi connectivity index (χ1) is 18.6. The molecule has 1 aliphatic rings. The van der Waals surface area contributed by atoms with Gasteiger partial charge in [0.05, 0.1) is 35.7 Å². The number of hydrogen-bond acceptors (Lipinski definition) is 6. The summed E-state index contributed by atoms with van der Waals surface area (Å²) in [6.45, 7) is 17.0.